The van der Waals surface area contributed by atoms with Crippen LogP contribution in [0, 0.1) is 11.8 Å². The van der Waals surface area contributed by atoms with E-state index in [-0.39, 0.29) is 0 Å². The maximum atomic E-state index is 3.56. The molecule has 2 aliphatic rings. The van der Waals surface area contributed by atoms with Crippen molar-refractivity contribution in [2.45, 2.75) is 19.3 Å². The molecule has 0 saturated carbocycles. The lowest BCUT2D eigenvalue weighted by atomic mass is 9.96. The van der Waals surface area contributed by atoms with E-state index < -0.39 is 0 Å². The number of benzene rings is 6. The molecular formula is C49H34N2. The van der Waals surface area contributed by atoms with E-state index in [2.05, 4.69) is 191 Å². The summed E-state index contributed by atoms with van der Waals surface area (Å²) in [5, 5.41) is 3.73. The molecule has 0 spiro atoms. The first kappa shape index (κ1) is 29.4. The Bertz CT molecular complexity index is 2820. The van der Waals surface area contributed by atoms with E-state index in [0.29, 0.717) is 0 Å². The van der Waals surface area contributed by atoms with Crippen molar-refractivity contribution in [1.29, 1.82) is 0 Å². The van der Waals surface area contributed by atoms with E-state index in [1.165, 1.54) is 77.3 Å². The second-order valence-electron chi connectivity index (χ2n) is 13.4. The van der Waals surface area contributed by atoms with Crippen LogP contribution in [0.2, 0.25) is 0 Å². The average Bonchev–Trinajstić information content (AvgIpc) is 3.57. The van der Waals surface area contributed by atoms with Crippen molar-refractivity contribution in [2.75, 3.05) is 0 Å². The van der Waals surface area contributed by atoms with Gasteiger partial charge in [-0.15, -0.1) is 0 Å². The van der Waals surface area contributed by atoms with Crippen molar-refractivity contribution in [3.63, 3.8) is 0 Å². The van der Waals surface area contributed by atoms with Crippen LogP contribution in [0.4, 0.5) is 0 Å². The van der Waals surface area contributed by atoms with Gasteiger partial charge in [-0.2, -0.15) is 0 Å². The van der Waals surface area contributed by atoms with Gasteiger partial charge in [-0.1, -0.05) is 127 Å². The quantitative estimate of drug-likeness (QED) is 0.164. The predicted molar refractivity (Wildman–Crippen MR) is 215 cm³/mol. The second-order valence-corrected chi connectivity index (χ2v) is 13.4. The van der Waals surface area contributed by atoms with Crippen molar-refractivity contribution in [1.82, 2.24) is 9.13 Å². The Morgan fingerprint density at radius 1 is 0.529 bits per heavy atom. The normalized spacial score (nSPS) is 13.6. The summed E-state index contributed by atoms with van der Waals surface area (Å²) in [4.78, 5) is 0. The number of para-hydroxylation sites is 2. The van der Waals surface area contributed by atoms with Crippen molar-refractivity contribution in [3.8, 4) is 45.5 Å². The summed E-state index contributed by atoms with van der Waals surface area (Å²) >= 11 is 0. The monoisotopic (exact) mass is 650 g/mol. The van der Waals surface area contributed by atoms with Gasteiger partial charge in [-0.3, -0.25) is 0 Å². The van der Waals surface area contributed by atoms with Crippen LogP contribution >= 0.6 is 0 Å². The van der Waals surface area contributed by atoms with Crippen molar-refractivity contribution >= 4 is 44.4 Å². The van der Waals surface area contributed by atoms with E-state index in [0.717, 1.165) is 30.6 Å². The molecular weight excluding hydrogens is 617 g/mol. The smallest absolute Gasteiger partial charge is 0.105 e. The van der Waals surface area contributed by atoms with E-state index >= 15 is 0 Å². The lowest BCUT2D eigenvalue weighted by molar-refractivity contribution is 1.04. The molecule has 2 aromatic heterocycles. The second kappa shape index (κ2) is 12.1. The lowest BCUT2D eigenvalue weighted by Crippen LogP contribution is -2.03. The minimum Gasteiger partial charge on any atom is -0.309 e. The first-order valence-electron chi connectivity index (χ1n) is 17.8. The first-order chi connectivity index (χ1) is 25.3. The Balaban J connectivity index is 1.14. The molecule has 0 saturated heterocycles. The third-order valence-corrected chi connectivity index (χ3v) is 10.4. The van der Waals surface area contributed by atoms with Crippen LogP contribution < -0.4 is 0 Å². The Kier molecular flexibility index (Phi) is 6.96. The van der Waals surface area contributed by atoms with Crippen LogP contribution in [0.25, 0.3) is 78.0 Å². The maximum Gasteiger partial charge on any atom is 0.105 e. The molecule has 0 N–H and O–H groups in total. The van der Waals surface area contributed by atoms with Crippen LogP contribution in [0.15, 0.2) is 164 Å². The molecule has 2 aliphatic carbocycles. The zero-order valence-corrected chi connectivity index (χ0v) is 28.2. The summed E-state index contributed by atoms with van der Waals surface area (Å²) in [6, 6.07) is 51.0. The number of allylic oxidation sites excluding steroid dienone is 5. The number of hydrogen-bond donors (Lipinski definition) is 0. The molecule has 2 heteroatoms. The summed E-state index contributed by atoms with van der Waals surface area (Å²) in [7, 11) is 0. The zero-order valence-electron chi connectivity index (χ0n) is 28.2. The van der Waals surface area contributed by atoms with Crippen LogP contribution in [0.5, 0.6) is 0 Å². The van der Waals surface area contributed by atoms with Crippen LogP contribution in [0.3, 0.4) is 0 Å². The maximum absolute atomic E-state index is 3.56. The molecule has 0 atom stereocenters. The Labute approximate surface area is 297 Å². The third kappa shape index (κ3) is 4.90. The summed E-state index contributed by atoms with van der Waals surface area (Å²) in [6.45, 7) is 0. The van der Waals surface area contributed by atoms with Gasteiger partial charge in [0.2, 0.25) is 0 Å². The van der Waals surface area contributed by atoms with Crippen molar-refractivity contribution < 1.29 is 0 Å². The van der Waals surface area contributed by atoms with E-state index in [4.69, 9.17) is 0 Å². The predicted octanol–water partition coefficient (Wildman–Crippen LogP) is 12.6. The molecule has 10 rings (SSSR count). The summed E-state index contributed by atoms with van der Waals surface area (Å²) in [5.41, 5.74) is 15.7. The summed E-state index contributed by atoms with van der Waals surface area (Å²) in [6.07, 6.45) is 14.0. The molecule has 0 unspecified atom stereocenters. The van der Waals surface area contributed by atoms with E-state index in [1.54, 1.807) is 0 Å². The average molecular weight is 651 g/mol. The zero-order chi connectivity index (χ0) is 33.7. The fourth-order valence-electron chi connectivity index (χ4n) is 8.06. The Morgan fingerprint density at radius 2 is 1.25 bits per heavy atom. The molecule has 0 amide bonds. The van der Waals surface area contributed by atoms with Crippen LogP contribution in [-0.4, -0.2) is 9.13 Å². The molecule has 0 fully saturated rings. The highest BCUT2D eigenvalue weighted by molar-refractivity contribution is 6.11. The highest BCUT2D eigenvalue weighted by Gasteiger charge is 2.21. The van der Waals surface area contributed by atoms with Gasteiger partial charge in [-0.25, -0.2) is 0 Å². The molecule has 51 heavy (non-hydrogen) atoms. The largest absolute Gasteiger partial charge is 0.309 e. The Hall–Kier alpha value is -6.56. The number of hydrogen-bond acceptors (Lipinski definition) is 0. The number of nitrogens with zero attached hydrogens (tertiary/aromatic N) is 2. The number of fused-ring (bicyclic) bond motifs is 6. The van der Waals surface area contributed by atoms with Crippen LogP contribution in [0.1, 0.15) is 36.1 Å². The highest BCUT2D eigenvalue weighted by atomic mass is 15.0. The number of aromatic nitrogens is 2. The molecule has 6 aromatic carbocycles. The molecule has 0 aliphatic heterocycles. The third-order valence-electron chi connectivity index (χ3n) is 10.4. The van der Waals surface area contributed by atoms with Gasteiger partial charge >= 0.3 is 0 Å². The first-order valence-corrected chi connectivity index (χ1v) is 17.8. The van der Waals surface area contributed by atoms with Gasteiger partial charge in [-0.05, 0) is 95.1 Å². The fraction of sp³-hybridized carbons (Fsp3) is 0.0612. The molecule has 240 valence electrons. The van der Waals surface area contributed by atoms with Crippen molar-refractivity contribution in [2.24, 2.45) is 0 Å². The van der Waals surface area contributed by atoms with E-state index in [1.807, 2.05) is 0 Å². The Morgan fingerprint density at radius 3 is 2.12 bits per heavy atom. The minimum absolute atomic E-state index is 0.752. The fourth-order valence-corrected chi connectivity index (χ4v) is 8.06. The number of rotatable bonds is 5. The molecule has 0 bridgehead atoms. The SMILES string of the molecule is C1#Cc2c(c3cc(-c4ccc5c(c4)c4ccccc4n5-c4cccc(-c5ccccc5)c4)ccc3n2-c2ccccc2C2=CC=CCC2)C=CC1. The molecule has 2 heterocycles. The minimum atomic E-state index is 0.752. The molecule has 0 radical (unpaired) electrons. The molecule has 2 nitrogen and oxygen atoms in total. The molecule has 8 aromatic rings. The highest BCUT2D eigenvalue weighted by Crippen LogP contribution is 2.40. The van der Waals surface area contributed by atoms with Gasteiger partial charge in [0.25, 0.3) is 0 Å². The van der Waals surface area contributed by atoms with Gasteiger partial charge in [0.15, 0.2) is 0 Å². The van der Waals surface area contributed by atoms with E-state index in [9.17, 15) is 0 Å². The van der Waals surface area contributed by atoms with Gasteiger partial charge < -0.3 is 9.13 Å². The topological polar surface area (TPSA) is 9.86 Å². The standard InChI is InChI=1S/C49H34N2/c1-4-15-34(16-5-1)36-19-14-20-39(31-36)50-46-26-13-11-23-41(46)43-32-37(27-29-48(43)50)38-28-30-49-44(33-38)42-22-8-3-9-24-47(42)51(49)45-25-12-10-21-40(45)35-17-6-2-7-18-35/h1-2,4-6,8,10-17,19-23,25-33H,3,7,18H2. The summed E-state index contributed by atoms with van der Waals surface area (Å²) in [5.74, 6) is 6.96. The van der Waals surface area contributed by atoms with Crippen LogP contribution in [-0.2, 0) is 0 Å². The summed E-state index contributed by atoms with van der Waals surface area (Å²) < 4.78 is 4.80. The van der Waals surface area contributed by atoms with Crippen molar-refractivity contribution in [3.05, 3.63) is 181 Å². The van der Waals surface area contributed by atoms with Gasteiger partial charge in [0.05, 0.1) is 22.2 Å². The lowest BCUT2D eigenvalue weighted by Gasteiger charge is -2.17. The van der Waals surface area contributed by atoms with Gasteiger partial charge in [0.1, 0.15) is 5.69 Å². The van der Waals surface area contributed by atoms with Gasteiger partial charge in [0, 0.05) is 39.4 Å².